The van der Waals surface area contributed by atoms with Gasteiger partial charge in [0.2, 0.25) is 63.0 Å². The van der Waals surface area contributed by atoms with Crippen LogP contribution in [0.1, 0.15) is 152 Å². The molecular formula is C79H114N20O20S4. The number of ether oxygens (including phenoxy) is 8. The van der Waals surface area contributed by atoms with E-state index in [4.69, 9.17) is 37.9 Å². The van der Waals surface area contributed by atoms with Crippen molar-refractivity contribution in [2.75, 3.05) is 79.4 Å². The van der Waals surface area contributed by atoms with Crippen molar-refractivity contribution in [1.29, 1.82) is 0 Å². The summed E-state index contributed by atoms with van der Waals surface area (Å²) in [6.07, 6.45) is 3.44. The Hall–Kier alpha value is -9.48. The van der Waals surface area contributed by atoms with Gasteiger partial charge in [-0.05, 0) is 143 Å². The van der Waals surface area contributed by atoms with Crippen molar-refractivity contribution in [3.8, 4) is 22.7 Å². The van der Waals surface area contributed by atoms with E-state index in [9.17, 15) is 52.8 Å². The molecule has 9 atom stereocenters. The molecule has 0 bridgehead atoms. The van der Waals surface area contributed by atoms with Gasteiger partial charge in [0.1, 0.15) is 0 Å². The average molecular weight is 1790 g/mol. The van der Waals surface area contributed by atoms with Gasteiger partial charge in [-0.25, -0.2) is 33.7 Å². The second kappa shape index (κ2) is 42.0. The molecule has 5 aliphatic rings. The Balaban J connectivity index is 0.000000186. The number of aromatic nitrogens is 16. The lowest BCUT2D eigenvalue weighted by Crippen LogP contribution is -2.52. The number of amides is 4. The highest BCUT2D eigenvalue weighted by Crippen LogP contribution is 2.42. The van der Waals surface area contributed by atoms with Crippen molar-refractivity contribution in [1.82, 2.24) is 100 Å². The molecule has 4 saturated heterocycles. The van der Waals surface area contributed by atoms with Crippen LogP contribution in [0.2, 0.25) is 0 Å². The molecule has 13 rings (SSSR count). The third-order valence-electron chi connectivity index (χ3n) is 20.8. The predicted octanol–water partition coefficient (Wildman–Crippen LogP) is 6.03. The zero-order valence-electron chi connectivity index (χ0n) is 71.1. The largest absolute Gasteiger partial charge is 0.349 e. The van der Waals surface area contributed by atoms with E-state index in [0.717, 1.165) is 19.3 Å². The Bertz CT molecular complexity index is 5250. The number of hydrogen-bond acceptors (Lipinski definition) is 32. The number of carbonyl (C=O) groups excluding carboxylic acids is 4. The molecule has 8 aromatic rings. The number of para-hydroxylation sites is 4. The first kappa shape index (κ1) is 97.3. The molecule has 123 heavy (non-hydrogen) atoms. The van der Waals surface area contributed by atoms with Gasteiger partial charge in [0.15, 0.2) is 23.1 Å². The average Bonchev–Trinajstić information content (AvgIpc) is 1.76. The second-order valence-corrected chi connectivity index (χ2v) is 39.5. The van der Waals surface area contributed by atoms with Gasteiger partial charge in [-0.1, -0.05) is 128 Å². The smallest absolute Gasteiger partial charge is 0.272 e. The van der Waals surface area contributed by atoms with E-state index in [1.54, 1.807) is 174 Å². The topological polar surface area (TPSA) is 466 Å². The minimum atomic E-state index is -3.88. The van der Waals surface area contributed by atoms with Crippen LogP contribution >= 0.6 is 0 Å². The number of carbonyl (C=O) groups is 4. The van der Waals surface area contributed by atoms with Crippen LogP contribution in [-0.2, 0) is 96.4 Å². The molecule has 40 nitrogen and oxygen atoms in total. The van der Waals surface area contributed by atoms with E-state index < -0.39 is 111 Å². The molecule has 4 aliphatic heterocycles. The quantitative estimate of drug-likeness (QED) is 0.0567. The van der Waals surface area contributed by atoms with Crippen LogP contribution in [0.15, 0.2) is 142 Å². The van der Waals surface area contributed by atoms with Gasteiger partial charge in [0.25, 0.3) is 20.6 Å². The van der Waals surface area contributed by atoms with Crippen LogP contribution in [0.3, 0.4) is 0 Å². The zero-order valence-corrected chi connectivity index (χ0v) is 74.3. The van der Waals surface area contributed by atoms with Crippen LogP contribution in [0.5, 0.6) is 0 Å². The summed E-state index contributed by atoms with van der Waals surface area (Å²) in [5.41, 5.74) is 2.19. The molecule has 44 heteroatoms. The first-order chi connectivity index (χ1) is 57.7. The molecule has 4 amide bonds. The van der Waals surface area contributed by atoms with Crippen LogP contribution in [0, 0.1) is 0 Å². The molecule has 1 spiro atoms. The summed E-state index contributed by atoms with van der Waals surface area (Å²) in [6, 6.07) is 35.3. The van der Waals surface area contributed by atoms with Gasteiger partial charge in [-0.15, -0.1) is 0 Å². The summed E-state index contributed by atoms with van der Waals surface area (Å²) >= 11 is 0. The van der Waals surface area contributed by atoms with Crippen molar-refractivity contribution in [3.63, 3.8) is 0 Å². The SMILES string of the molecule is C.CCC1(C)O[C@@H](CC(=O)N(C)C)C[C@@H](CS(=O)(=O)c2nnnn2-c2ccccc2)O1.CCC1(CC)O[C@@H](CC(=O)N(C)C)C[C@@H](CS(=O)(=O)c2nnnn2-c2ccccc2)O1.CN(C)C(=O)C[C@H]1C[C@@H](CS(=O)(=O)c2nnnn2-c2ccccc2)OC(C)(C)O1.CN(C)C(=O)C[C@H]1C[C@@H](CS(=O)(=O)c2nnnn2-c2ccccc2)OC2(CCCCC2)O1. The lowest BCUT2D eigenvalue weighted by molar-refractivity contribution is -0.324. The molecule has 4 aromatic heterocycles. The van der Waals surface area contributed by atoms with Crippen molar-refractivity contribution in [2.45, 2.75) is 244 Å². The highest BCUT2D eigenvalue weighted by Gasteiger charge is 2.48. The standard InChI is InChI=1S/C21H29N5O5S.C20H29N5O5S.C19H27N5O5S.C18H25N5O5S.CH4/c1-25(2)19(27)14-17-13-18(31-21(30-17)11-7-4-8-12-21)15-32(28,29)20-22-23-24-26(20)16-9-5-3-6-10-16;1-5-20(6-2)29-16(13-18(26)24(3)4)12-17(30-20)14-31(27,28)19-21-22-23-25(19)15-10-8-7-9-11-15;1-5-19(2)28-15(12-17(25)23(3)4)11-16(29-19)13-30(26,27)18-20-21-22-24(18)14-9-7-6-8-10-14;1-18(2)27-14(11-16(24)22(3)4)10-15(28-18)12-29(25,26)17-19-20-21-23(17)13-8-6-5-7-9-13;/h3,5-6,9-10,17-18H,4,7-8,11-15H2,1-2H3;7-11,16-17H,5-6,12-14H2,1-4H3;6-10,15-16H,5,11-13H2,1-4H3;5-9,14-15H,10-12H2,1-4H3;1H4/t17-,18+;16-,17+;15-,16+,19?;14-,15+;/m1111./s1. The van der Waals surface area contributed by atoms with Crippen LogP contribution in [0.4, 0.5) is 0 Å². The summed E-state index contributed by atoms with van der Waals surface area (Å²) in [4.78, 5) is 54.7. The van der Waals surface area contributed by atoms with Gasteiger partial charge in [-0.3, -0.25) is 19.2 Å². The van der Waals surface area contributed by atoms with E-state index in [0.29, 0.717) is 61.3 Å². The zero-order chi connectivity index (χ0) is 88.6. The normalized spacial score (nSPS) is 22.4. The highest BCUT2D eigenvalue weighted by atomic mass is 32.2. The lowest BCUT2D eigenvalue weighted by atomic mass is 9.91. The van der Waals surface area contributed by atoms with Crippen LogP contribution < -0.4 is 0 Å². The monoisotopic (exact) mass is 1790 g/mol. The van der Waals surface area contributed by atoms with Gasteiger partial charge in [-0.2, -0.15) is 18.7 Å². The Morgan fingerprint density at radius 2 is 0.593 bits per heavy atom. The molecule has 0 N–H and O–H groups in total. The van der Waals surface area contributed by atoms with E-state index in [1.807, 2.05) is 45.0 Å². The molecule has 1 saturated carbocycles. The summed E-state index contributed by atoms with van der Waals surface area (Å²) in [5, 5.41) is 43.6. The van der Waals surface area contributed by atoms with E-state index in [2.05, 4.69) is 62.1 Å². The third-order valence-corrected chi connectivity index (χ3v) is 27.3. The minimum absolute atomic E-state index is 0. The van der Waals surface area contributed by atoms with Crippen molar-refractivity contribution >= 4 is 63.0 Å². The maximum Gasteiger partial charge on any atom is 0.272 e. The predicted molar refractivity (Wildman–Crippen MR) is 444 cm³/mol. The molecule has 0 radical (unpaired) electrons. The number of nitrogens with zero attached hydrogens (tertiary/aromatic N) is 20. The maximum atomic E-state index is 13.3. The molecule has 5 fully saturated rings. The first-order valence-corrected chi connectivity index (χ1v) is 46.8. The van der Waals surface area contributed by atoms with Crippen molar-refractivity contribution in [3.05, 3.63) is 121 Å². The van der Waals surface area contributed by atoms with E-state index in [1.165, 1.54) is 38.3 Å². The van der Waals surface area contributed by atoms with Crippen LogP contribution in [0.25, 0.3) is 22.7 Å². The lowest BCUT2D eigenvalue weighted by Gasteiger charge is -2.46. The number of sulfone groups is 4. The molecule has 1 aliphatic carbocycles. The molecule has 1 unspecified atom stereocenters. The molecule has 8 heterocycles. The number of tetrazole rings is 4. The van der Waals surface area contributed by atoms with E-state index in [-0.39, 0.29) is 120 Å². The highest BCUT2D eigenvalue weighted by molar-refractivity contribution is 7.92. The van der Waals surface area contributed by atoms with Crippen molar-refractivity contribution < 1.29 is 90.7 Å². The summed E-state index contributed by atoms with van der Waals surface area (Å²) < 4.78 is 159. The number of benzene rings is 4. The summed E-state index contributed by atoms with van der Waals surface area (Å²) in [7, 11) is -2.05. The maximum absolute atomic E-state index is 13.3. The summed E-state index contributed by atoms with van der Waals surface area (Å²) in [5.74, 6) is -5.29. The molecule has 4 aromatic carbocycles. The third kappa shape index (κ3) is 26.1. The minimum Gasteiger partial charge on any atom is -0.349 e. The second-order valence-electron chi connectivity index (χ2n) is 31.8. The van der Waals surface area contributed by atoms with Gasteiger partial charge < -0.3 is 57.5 Å². The summed E-state index contributed by atoms with van der Waals surface area (Å²) in [6.45, 7) is 10.9. The number of hydrogen-bond donors (Lipinski definition) is 0. The Morgan fingerprint density at radius 1 is 0.350 bits per heavy atom. The Labute approximate surface area is 717 Å². The van der Waals surface area contributed by atoms with Gasteiger partial charge in [0, 0.05) is 94.9 Å². The fourth-order valence-corrected chi connectivity index (χ4v) is 20.2. The van der Waals surface area contributed by atoms with Gasteiger partial charge in [0.05, 0.1) is 120 Å². The van der Waals surface area contributed by atoms with E-state index >= 15 is 0 Å². The Morgan fingerprint density at radius 3 is 0.894 bits per heavy atom. The molecule has 674 valence electrons. The number of rotatable bonds is 27. The fourth-order valence-electron chi connectivity index (χ4n) is 14.6. The first-order valence-electron chi connectivity index (χ1n) is 40.2. The fraction of sp³-hybridized carbons (Fsp3) is 0.595. The van der Waals surface area contributed by atoms with Crippen LogP contribution in [-0.4, -0.2) is 309 Å². The Kier molecular flexibility index (Phi) is 33.2. The van der Waals surface area contributed by atoms with Gasteiger partial charge >= 0.3 is 0 Å². The molecular weight excluding hydrogens is 1680 g/mol. The van der Waals surface area contributed by atoms with Crippen molar-refractivity contribution in [2.24, 2.45) is 0 Å².